The first-order chi connectivity index (χ1) is 10.5. The molecule has 0 N–H and O–H groups in total. The molecule has 2 aromatic rings. The van der Waals surface area contributed by atoms with Crippen LogP contribution < -0.4 is 9.80 Å². The number of nitrogens with zero attached hydrogens (tertiary/aromatic N) is 2. The van der Waals surface area contributed by atoms with Crippen LogP contribution in [0, 0.1) is 13.8 Å². The molecule has 1 aliphatic heterocycles. The molecule has 2 aromatic carbocycles. The van der Waals surface area contributed by atoms with E-state index in [-0.39, 0.29) is 18.4 Å². The Bertz CT molecular complexity index is 767. The second-order valence-corrected chi connectivity index (χ2v) is 5.63. The summed E-state index contributed by atoms with van der Waals surface area (Å²) in [5.41, 5.74) is 4.35. The van der Waals surface area contributed by atoms with Gasteiger partial charge in [-0.25, -0.2) is 0 Å². The Kier molecular flexibility index (Phi) is 3.45. The van der Waals surface area contributed by atoms with Crippen LogP contribution in [0.2, 0.25) is 0 Å². The number of rotatable bonds is 1. The van der Waals surface area contributed by atoms with Crippen LogP contribution in [0.25, 0.3) is 0 Å². The lowest BCUT2D eigenvalue weighted by atomic mass is 10.0. The summed E-state index contributed by atoms with van der Waals surface area (Å²) in [5, 5.41) is 0. The molecule has 0 unspecified atom stereocenters. The fraction of sp³-hybridized carbons (Fsp3) is 0.222. The number of benzene rings is 2. The second kappa shape index (κ2) is 5.30. The minimum atomic E-state index is -0.142. The van der Waals surface area contributed by atoms with Crippen molar-refractivity contribution in [2.24, 2.45) is 0 Å². The van der Waals surface area contributed by atoms with Crippen molar-refractivity contribution in [3.05, 3.63) is 59.2 Å². The lowest BCUT2D eigenvalue weighted by molar-refractivity contribution is -0.117. The number of amides is 2. The summed E-state index contributed by atoms with van der Waals surface area (Å²) in [4.78, 5) is 28.1. The van der Waals surface area contributed by atoms with Crippen molar-refractivity contribution in [3.8, 4) is 0 Å². The molecule has 0 saturated carbocycles. The molecule has 0 fully saturated rings. The summed E-state index contributed by atoms with van der Waals surface area (Å²) >= 11 is 0. The minimum absolute atomic E-state index is 0.0687. The van der Waals surface area contributed by atoms with E-state index in [9.17, 15) is 9.59 Å². The maximum absolute atomic E-state index is 12.8. The molecule has 2 amide bonds. The number of para-hydroxylation sites is 2. The molecule has 4 heteroatoms. The molecule has 0 atom stereocenters. The monoisotopic (exact) mass is 294 g/mol. The predicted octanol–water partition coefficient (Wildman–Crippen LogP) is 2.93. The van der Waals surface area contributed by atoms with Gasteiger partial charge in [-0.2, -0.15) is 0 Å². The third kappa shape index (κ3) is 2.26. The summed E-state index contributed by atoms with van der Waals surface area (Å²) in [7, 11) is 1.74. The van der Waals surface area contributed by atoms with E-state index in [4.69, 9.17) is 0 Å². The molecular formula is C18H18N2O2. The van der Waals surface area contributed by atoms with Gasteiger partial charge in [0.2, 0.25) is 5.91 Å². The van der Waals surface area contributed by atoms with E-state index in [1.54, 1.807) is 16.8 Å². The van der Waals surface area contributed by atoms with Crippen molar-refractivity contribution in [1.29, 1.82) is 0 Å². The number of carbonyl (C=O) groups excluding carboxylic acids is 2. The Morgan fingerprint density at radius 2 is 1.68 bits per heavy atom. The molecule has 0 aliphatic carbocycles. The van der Waals surface area contributed by atoms with Crippen molar-refractivity contribution in [2.75, 3.05) is 23.4 Å². The van der Waals surface area contributed by atoms with E-state index in [1.807, 2.05) is 56.3 Å². The molecular weight excluding hydrogens is 276 g/mol. The largest absolute Gasteiger partial charge is 0.312 e. The topological polar surface area (TPSA) is 40.6 Å². The van der Waals surface area contributed by atoms with E-state index >= 15 is 0 Å². The summed E-state index contributed by atoms with van der Waals surface area (Å²) in [6.07, 6.45) is 0. The average Bonchev–Trinajstić information content (AvgIpc) is 2.53. The smallest absolute Gasteiger partial charge is 0.258 e. The molecule has 22 heavy (non-hydrogen) atoms. The first-order valence-electron chi connectivity index (χ1n) is 7.24. The summed E-state index contributed by atoms with van der Waals surface area (Å²) in [5.74, 6) is -0.229. The van der Waals surface area contributed by atoms with Crippen LogP contribution in [-0.2, 0) is 4.79 Å². The van der Waals surface area contributed by atoms with E-state index in [2.05, 4.69) is 0 Å². The number of aryl methyl sites for hydroxylation is 2. The lowest BCUT2D eigenvalue weighted by Gasteiger charge is -2.34. The van der Waals surface area contributed by atoms with Gasteiger partial charge in [-0.3, -0.25) is 14.5 Å². The third-order valence-electron chi connectivity index (χ3n) is 4.20. The van der Waals surface area contributed by atoms with E-state index in [0.717, 1.165) is 22.5 Å². The first kappa shape index (κ1) is 14.3. The fourth-order valence-corrected chi connectivity index (χ4v) is 2.65. The number of fused-ring (bicyclic) bond motifs is 1. The van der Waals surface area contributed by atoms with Crippen LogP contribution in [-0.4, -0.2) is 25.4 Å². The van der Waals surface area contributed by atoms with Crippen LogP contribution in [0.5, 0.6) is 0 Å². The van der Waals surface area contributed by atoms with Gasteiger partial charge in [-0.05, 0) is 49.2 Å². The van der Waals surface area contributed by atoms with Gasteiger partial charge in [0.1, 0.15) is 6.54 Å². The van der Waals surface area contributed by atoms with Gasteiger partial charge < -0.3 is 4.90 Å². The zero-order chi connectivity index (χ0) is 15.9. The number of hydrogen-bond acceptors (Lipinski definition) is 2. The molecule has 4 nitrogen and oxygen atoms in total. The summed E-state index contributed by atoms with van der Waals surface area (Å²) < 4.78 is 0. The zero-order valence-electron chi connectivity index (χ0n) is 13.0. The van der Waals surface area contributed by atoms with Gasteiger partial charge >= 0.3 is 0 Å². The van der Waals surface area contributed by atoms with Crippen LogP contribution in [0.3, 0.4) is 0 Å². The number of likely N-dealkylation sites (N-methyl/N-ethyl adjacent to an activating group) is 1. The Balaban J connectivity index is 2.04. The maximum atomic E-state index is 12.8. The molecule has 112 valence electrons. The Hall–Kier alpha value is -2.62. The highest BCUT2D eigenvalue weighted by Crippen LogP contribution is 2.33. The van der Waals surface area contributed by atoms with Gasteiger partial charge in [-0.1, -0.05) is 18.2 Å². The van der Waals surface area contributed by atoms with Gasteiger partial charge in [0.25, 0.3) is 5.91 Å². The second-order valence-electron chi connectivity index (χ2n) is 5.63. The highest BCUT2D eigenvalue weighted by molar-refractivity contribution is 6.15. The van der Waals surface area contributed by atoms with Gasteiger partial charge in [0.05, 0.1) is 11.4 Å². The Labute approximate surface area is 130 Å². The first-order valence-corrected chi connectivity index (χ1v) is 7.24. The third-order valence-corrected chi connectivity index (χ3v) is 4.20. The van der Waals surface area contributed by atoms with Crippen LogP contribution >= 0.6 is 0 Å². The van der Waals surface area contributed by atoms with Crippen molar-refractivity contribution in [3.63, 3.8) is 0 Å². The fourth-order valence-electron chi connectivity index (χ4n) is 2.65. The molecule has 0 saturated heterocycles. The minimum Gasteiger partial charge on any atom is -0.312 e. The molecule has 0 bridgehead atoms. The molecule has 1 heterocycles. The molecule has 0 radical (unpaired) electrons. The summed E-state index contributed by atoms with van der Waals surface area (Å²) in [6.45, 7) is 4.06. The number of hydrogen-bond donors (Lipinski definition) is 0. The molecule has 0 spiro atoms. The summed E-state index contributed by atoms with van der Waals surface area (Å²) in [6, 6.07) is 13.1. The average molecular weight is 294 g/mol. The van der Waals surface area contributed by atoms with E-state index < -0.39 is 0 Å². The quantitative estimate of drug-likeness (QED) is 0.811. The van der Waals surface area contributed by atoms with Crippen molar-refractivity contribution >= 4 is 23.2 Å². The molecule has 0 aromatic heterocycles. The van der Waals surface area contributed by atoms with Gasteiger partial charge in [0, 0.05) is 12.6 Å². The van der Waals surface area contributed by atoms with Gasteiger partial charge in [0.15, 0.2) is 0 Å². The highest BCUT2D eigenvalue weighted by Gasteiger charge is 2.30. The van der Waals surface area contributed by atoms with Crippen LogP contribution in [0.1, 0.15) is 21.5 Å². The van der Waals surface area contributed by atoms with Crippen LogP contribution in [0.15, 0.2) is 42.5 Å². The van der Waals surface area contributed by atoms with E-state index in [1.165, 1.54) is 0 Å². The van der Waals surface area contributed by atoms with Crippen LogP contribution in [0.4, 0.5) is 11.4 Å². The number of anilines is 2. The lowest BCUT2D eigenvalue weighted by Crippen LogP contribution is -2.46. The maximum Gasteiger partial charge on any atom is 0.258 e. The molecule has 1 aliphatic rings. The van der Waals surface area contributed by atoms with Crippen molar-refractivity contribution in [2.45, 2.75) is 13.8 Å². The Morgan fingerprint density at radius 1 is 1.00 bits per heavy atom. The number of carbonyl (C=O) groups is 2. The molecule has 3 rings (SSSR count). The van der Waals surface area contributed by atoms with E-state index in [0.29, 0.717) is 5.56 Å². The van der Waals surface area contributed by atoms with Crippen molar-refractivity contribution in [1.82, 2.24) is 0 Å². The normalized spacial score (nSPS) is 14.0. The Morgan fingerprint density at radius 3 is 2.36 bits per heavy atom. The SMILES string of the molecule is Cc1ccc(C(=O)N2CC(=O)N(C)c3ccccc32)cc1C. The van der Waals surface area contributed by atoms with Crippen molar-refractivity contribution < 1.29 is 9.59 Å². The van der Waals surface area contributed by atoms with Gasteiger partial charge in [-0.15, -0.1) is 0 Å². The predicted molar refractivity (Wildman–Crippen MR) is 87.4 cm³/mol. The highest BCUT2D eigenvalue weighted by atomic mass is 16.2. The zero-order valence-corrected chi connectivity index (χ0v) is 13.0. The standard InChI is InChI=1S/C18H18N2O2/c1-12-8-9-14(10-13(12)2)18(22)20-11-17(21)19(3)15-6-4-5-7-16(15)20/h4-10H,11H2,1-3H3.